The standard InChI is InChI=1S/C10H12BrF2N/c11-8-6-10(13)9(12)5-7(8)3-1-2-4-14/h5-6H,1-4,14H2. The molecular weight excluding hydrogens is 252 g/mol. The molecule has 0 heterocycles. The van der Waals surface area contributed by atoms with E-state index in [1.807, 2.05) is 0 Å². The number of aryl methyl sites for hydroxylation is 1. The molecule has 0 fully saturated rings. The van der Waals surface area contributed by atoms with Gasteiger partial charge in [-0.3, -0.25) is 0 Å². The molecule has 4 heteroatoms. The minimum atomic E-state index is -0.820. The second-order valence-corrected chi connectivity index (χ2v) is 3.96. The Kier molecular flexibility index (Phi) is 4.48. The molecule has 0 unspecified atom stereocenters. The van der Waals surface area contributed by atoms with Gasteiger partial charge in [0.25, 0.3) is 0 Å². The van der Waals surface area contributed by atoms with E-state index < -0.39 is 11.6 Å². The van der Waals surface area contributed by atoms with Crippen molar-refractivity contribution in [1.82, 2.24) is 0 Å². The molecule has 78 valence electrons. The third-order valence-corrected chi connectivity index (χ3v) is 2.73. The van der Waals surface area contributed by atoms with E-state index in [0.717, 1.165) is 30.9 Å². The van der Waals surface area contributed by atoms with E-state index in [-0.39, 0.29) is 0 Å². The van der Waals surface area contributed by atoms with Gasteiger partial charge in [0.15, 0.2) is 11.6 Å². The molecule has 14 heavy (non-hydrogen) atoms. The SMILES string of the molecule is NCCCCc1cc(F)c(F)cc1Br. The van der Waals surface area contributed by atoms with Crippen molar-refractivity contribution in [2.45, 2.75) is 19.3 Å². The molecule has 1 aromatic carbocycles. The monoisotopic (exact) mass is 263 g/mol. The molecule has 0 amide bonds. The van der Waals surface area contributed by atoms with Gasteiger partial charge in [-0.25, -0.2) is 8.78 Å². The molecule has 0 saturated heterocycles. The zero-order chi connectivity index (χ0) is 10.6. The highest BCUT2D eigenvalue weighted by Crippen LogP contribution is 2.22. The first-order chi connectivity index (χ1) is 6.65. The normalized spacial score (nSPS) is 10.6. The summed E-state index contributed by atoms with van der Waals surface area (Å²) in [6.45, 7) is 0.626. The predicted molar refractivity (Wildman–Crippen MR) is 56.1 cm³/mol. The van der Waals surface area contributed by atoms with Gasteiger partial charge in [0.1, 0.15) is 0 Å². The van der Waals surface area contributed by atoms with Crippen LogP contribution in [0.1, 0.15) is 18.4 Å². The van der Waals surface area contributed by atoms with Gasteiger partial charge in [-0.15, -0.1) is 0 Å². The molecule has 0 radical (unpaired) electrons. The average Bonchev–Trinajstić information content (AvgIpc) is 2.14. The van der Waals surface area contributed by atoms with Crippen LogP contribution in [0.25, 0.3) is 0 Å². The highest BCUT2D eigenvalue weighted by molar-refractivity contribution is 9.10. The maximum absolute atomic E-state index is 12.8. The van der Waals surface area contributed by atoms with Crippen LogP contribution < -0.4 is 5.73 Å². The summed E-state index contributed by atoms with van der Waals surface area (Å²) in [4.78, 5) is 0. The molecule has 1 rings (SSSR count). The number of unbranched alkanes of at least 4 members (excludes halogenated alkanes) is 1. The number of hydrogen-bond donors (Lipinski definition) is 1. The fourth-order valence-electron chi connectivity index (χ4n) is 1.22. The number of rotatable bonds is 4. The van der Waals surface area contributed by atoms with Gasteiger partial charge in [0.05, 0.1) is 0 Å². The molecule has 0 aromatic heterocycles. The van der Waals surface area contributed by atoms with Gasteiger partial charge in [-0.1, -0.05) is 15.9 Å². The van der Waals surface area contributed by atoms with E-state index in [9.17, 15) is 8.78 Å². The average molecular weight is 264 g/mol. The van der Waals surface area contributed by atoms with Crippen molar-refractivity contribution in [2.75, 3.05) is 6.54 Å². The maximum Gasteiger partial charge on any atom is 0.159 e. The van der Waals surface area contributed by atoms with Crippen molar-refractivity contribution < 1.29 is 8.78 Å². The van der Waals surface area contributed by atoms with E-state index in [0.29, 0.717) is 11.0 Å². The van der Waals surface area contributed by atoms with Crippen molar-refractivity contribution >= 4 is 15.9 Å². The highest BCUT2D eigenvalue weighted by atomic mass is 79.9. The van der Waals surface area contributed by atoms with Crippen molar-refractivity contribution in [2.24, 2.45) is 5.73 Å². The molecule has 0 bridgehead atoms. The maximum atomic E-state index is 12.8. The lowest BCUT2D eigenvalue weighted by molar-refractivity contribution is 0.505. The molecule has 0 aliphatic rings. The fraction of sp³-hybridized carbons (Fsp3) is 0.400. The van der Waals surface area contributed by atoms with Crippen LogP contribution >= 0.6 is 15.9 Å². The molecule has 2 N–H and O–H groups in total. The molecule has 0 aliphatic carbocycles. The van der Waals surface area contributed by atoms with Crippen LogP contribution in [0, 0.1) is 11.6 Å². The van der Waals surface area contributed by atoms with E-state index in [2.05, 4.69) is 15.9 Å². The molecule has 1 nitrogen and oxygen atoms in total. The molecular formula is C10H12BrF2N. The lowest BCUT2D eigenvalue weighted by Gasteiger charge is -2.04. The highest BCUT2D eigenvalue weighted by Gasteiger charge is 2.07. The first-order valence-electron chi connectivity index (χ1n) is 4.48. The van der Waals surface area contributed by atoms with Crippen molar-refractivity contribution in [3.8, 4) is 0 Å². The summed E-state index contributed by atoms with van der Waals surface area (Å²) in [7, 11) is 0. The van der Waals surface area contributed by atoms with Gasteiger partial charge in [-0.2, -0.15) is 0 Å². The fourth-order valence-corrected chi connectivity index (χ4v) is 1.73. The number of halogens is 3. The third-order valence-electron chi connectivity index (χ3n) is 1.99. The summed E-state index contributed by atoms with van der Waals surface area (Å²) in [5.41, 5.74) is 6.13. The van der Waals surface area contributed by atoms with Crippen molar-refractivity contribution in [1.29, 1.82) is 0 Å². The van der Waals surface area contributed by atoms with E-state index in [1.165, 1.54) is 6.07 Å². The first-order valence-corrected chi connectivity index (χ1v) is 5.28. The topological polar surface area (TPSA) is 26.0 Å². The Hall–Kier alpha value is -0.480. The summed E-state index contributed by atoms with van der Waals surface area (Å²) in [6.07, 6.45) is 2.50. The summed E-state index contributed by atoms with van der Waals surface area (Å²) >= 11 is 3.20. The van der Waals surface area contributed by atoms with Gasteiger partial charge in [0, 0.05) is 4.47 Å². The second-order valence-electron chi connectivity index (χ2n) is 3.10. The van der Waals surface area contributed by atoms with Gasteiger partial charge in [-0.05, 0) is 43.5 Å². The van der Waals surface area contributed by atoms with Gasteiger partial charge < -0.3 is 5.73 Å². The Morgan fingerprint density at radius 3 is 2.43 bits per heavy atom. The van der Waals surface area contributed by atoms with Crippen molar-refractivity contribution in [3.05, 3.63) is 33.8 Å². The number of benzene rings is 1. The third kappa shape index (κ3) is 3.03. The van der Waals surface area contributed by atoms with Gasteiger partial charge >= 0.3 is 0 Å². The van der Waals surface area contributed by atoms with Crippen LogP contribution in [-0.4, -0.2) is 6.54 Å². The Labute approximate surface area is 90.4 Å². The van der Waals surface area contributed by atoms with Crippen LogP contribution in [-0.2, 0) is 6.42 Å². The van der Waals surface area contributed by atoms with Crippen LogP contribution in [0.15, 0.2) is 16.6 Å². The zero-order valence-corrected chi connectivity index (χ0v) is 9.28. The number of nitrogens with two attached hydrogens (primary N) is 1. The Balaban J connectivity index is 2.72. The Bertz CT molecular complexity index is 315. The molecule has 1 aromatic rings. The lowest BCUT2D eigenvalue weighted by atomic mass is 10.1. The van der Waals surface area contributed by atoms with Crippen LogP contribution in [0.2, 0.25) is 0 Å². The summed E-state index contributed by atoms with van der Waals surface area (Å²) in [5.74, 6) is -1.62. The Morgan fingerprint density at radius 2 is 1.79 bits per heavy atom. The van der Waals surface area contributed by atoms with Gasteiger partial charge in [0.2, 0.25) is 0 Å². The summed E-state index contributed by atoms with van der Waals surface area (Å²) in [6, 6.07) is 2.39. The largest absolute Gasteiger partial charge is 0.330 e. The molecule has 0 atom stereocenters. The molecule has 0 saturated carbocycles. The lowest BCUT2D eigenvalue weighted by Crippen LogP contribution is -2.00. The zero-order valence-electron chi connectivity index (χ0n) is 7.69. The van der Waals surface area contributed by atoms with E-state index in [1.54, 1.807) is 0 Å². The van der Waals surface area contributed by atoms with Crippen LogP contribution in [0.4, 0.5) is 8.78 Å². The molecule has 0 spiro atoms. The predicted octanol–water partition coefficient (Wildman–Crippen LogP) is 3.01. The van der Waals surface area contributed by atoms with Crippen molar-refractivity contribution in [3.63, 3.8) is 0 Å². The Morgan fingerprint density at radius 1 is 1.14 bits per heavy atom. The first kappa shape index (κ1) is 11.6. The minimum Gasteiger partial charge on any atom is -0.330 e. The second kappa shape index (κ2) is 5.41. The minimum absolute atomic E-state index is 0.619. The van der Waals surface area contributed by atoms with E-state index >= 15 is 0 Å². The summed E-state index contributed by atoms with van der Waals surface area (Å²) in [5, 5.41) is 0. The van der Waals surface area contributed by atoms with Crippen LogP contribution in [0.3, 0.4) is 0 Å². The number of hydrogen-bond acceptors (Lipinski definition) is 1. The summed E-state index contributed by atoms with van der Waals surface area (Å²) < 4.78 is 26.2. The smallest absolute Gasteiger partial charge is 0.159 e. The quantitative estimate of drug-likeness (QED) is 0.656. The molecule has 0 aliphatic heterocycles. The van der Waals surface area contributed by atoms with E-state index in [4.69, 9.17) is 5.73 Å². The van der Waals surface area contributed by atoms with Crippen LogP contribution in [0.5, 0.6) is 0 Å².